The quantitative estimate of drug-likeness (QED) is 0.614. The number of hydrogen-bond acceptors (Lipinski definition) is 2. The molecule has 2 N–H and O–H groups in total. The normalized spacial score (nSPS) is 16.7. The molecule has 3 nitrogen and oxygen atoms in total. The van der Waals surface area contributed by atoms with Crippen molar-refractivity contribution in [2.24, 2.45) is 0 Å². The number of nitrogens with zero attached hydrogens (tertiary/aromatic N) is 1. The van der Waals surface area contributed by atoms with E-state index in [0.717, 1.165) is 18.7 Å². The van der Waals surface area contributed by atoms with E-state index in [-0.39, 0.29) is 0 Å². The lowest BCUT2D eigenvalue weighted by atomic mass is 10.2. The zero-order chi connectivity index (χ0) is 7.84. The largest absolute Gasteiger partial charge is 0.348 e. The number of H-pyrrole nitrogens is 1. The fraction of sp³-hybridized carbons (Fsp3) is 0.429. The number of aromatic nitrogens is 1. The number of fused-ring (bicyclic) bond motifs is 1. The number of hydrogen-bond donors (Lipinski definition) is 2. The molecule has 0 saturated heterocycles. The Morgan fingerprint density at radius 3 is 3.18 bits per heavy atom. The lowest BCUT2D eigenvalue weighted by Crippen LogP contribution is -2.39. The van der Waals surface area contributed by atoms with Gasteiger partial charge in [0.25, 0.3) is 0 Å². The summed E-state index contributed by atoms with van der Waals surface area (Å²) in [6.07, 6.45) is 1.02. The van der Waals surface area contributed by atoms with Crippen LogP contribution in [0, 0.1) is 0 Å². The van der Waals surface area contributed by atoms with Gasteiger partial charge in [-0.3, -0.25) is 0 Å². The Morgan fingerprint density at radius 1 is 1.64 bits per heavy atom. The van der Waals surface area contributed by atoms with Crippen molar-refractivity contribution < 1.29 is 0 Å². The topological polar surface area (TPSA) is 31.1 Å². The Hall–Kier alpha value is -0.670. The zero-order valence-corrected chi connectivity index (χ0v) is 7.07. The minimum Gasteiger partial charge on any atom is -0.348 e. The van der Waals surface area contributed by atoms with Crippen LogP contribution in [-0.4, -0.2) is 18.6 Å². The summed E-state index contributed by atoms with van der Waals surface area (Å²) in [5, 5.41) is 2.70. The second kappa shape index (κ2) is 2.43. The molecule has 0 unspecified atom stereocenters. The summed E-state index contributed by atoms with van der Waals surface area (Å²) in [7, 11) is 1.99. The lowest BCUT2D eigenvalue weighted by molar-refractivity contribution is 0.636. The van der Waals surface area contributed by atoms with E-state index >= 15 is 0 Å². The van der Waals surface area contributed by atoms with Gasteiger partial charge in [-0.25, -0.2) is 5.43 Å². The molecule has 1 aliphatic heterocycles. The Balaban J connectivity index is 2.43. The van der Waals surface area contributed by atoms with Gasteiger partial charge in [0.1, 0.15) is 5.15 Å². The molecule has 1 aromatic heterocycles. The van der Waals surface area contributed by atoms with Crippen LogP contribution in [-0.2, 0) is 6.42 Å². The maximum atomic E-state index is 5.81. The van der Waals surface area contributed by atoms with Crippen LogP contribution in [0.1, 0.15) is 5.69 Å². The molecule has 0 aromatic carbocycles. The van der Waals surface area contributed by atoms with E-state index in [1.54, 1.807) is 0 Å². The van der Waals surface area contributed by atoms with Crippen molar-refractivity contribution in [3.05, 3.63) is 16.9 Å². The molecule has 0 amide bonds. The molecule has 0 radical (unpaired) electrons. The maximum Gasteiger partial charge on any atom is 0.108 e. The molecular formula is C7H10ClN3. The first-order valence-electron chi connectivity index (χ1n) is 3.62. The summed E-state index contributed by atoms with van der Waals surface area (Å²) in [5.41, 5.74) is 5.58. The van der Waals surface area contributed by atoms with Gasteiger partial charge in [-0.1, -0.05) is 11.6 Å². The van der Waals surface area contributed by atoms with Crippen molar-refractivity contribution in [2.45, 2.75) is 6.42 Å². The molecular weight excluding hydrogens is 162 g/mol. The second-order valence-electron chi connectivity index (χ2n) is 2.70. The predicted octanol–water partition coefficient (Wildman–Crippen LogP) is 1.16. The molecule has 0 spiro atoms. The number of aromatic amines is 1. The van der Waals surface area contributed by atoms with E-state index in [1.165, 1.54) is 5.69 Å². The van der Waals surface area contributed by atoms with Crippen LogP contribution in [0.3, 0.4) is 0 Å². The molecule has 0 aliphatic carbocycles. The van der Waals surface area contributed by atoms with Gasteiger partial charge in [0, 0.05) is 25.7 Å². The van der Waals surface area contributed by atoms with Crippen LogP contribution in [0.15, 0.2) is 6.07 Å². The molecule has 0 atom stereocenters. The molecule has 11 heavy (non-hydrogen) atoms. The van der Waals surface area contributed by atoms with Crippen LogP contribution in [0.2, 0.25) is 5.15 Å². The highest BCUT2D eigenvalue weighted by atomic mass is 35.5. The number of hydrazine groups is 1. The van der Waals surface area contributed by atoms with E-state index in [2.05, 4.69) is 10.4 Å². The fourth-order valence-corrected chi connectivity index (χ4v) is 1.59. The van der Waals surface area contributed by atoms with E-state index < -0.39 is 0 Å². The highest BCUT2D eigenvalue weighted by Gasteiger charge is 2.14. The first-order chi connectivity index (χ1) is 5.27. The molecule has 0 saturated carbocycles. The summed E-state index contributed by atoms with van der Waals surface area (Å²) in [4.78, 5) is 3.11. The summed E-state index contributed by atoms with van der Waals surface area (Å²) in [6, 6.07) is 1.93. The highest BCUT2D eigenvalue weighted by molar-refractivity contribution is 6.29. The van der Waals surface area contributed by atoms with Gasteiger partial charge >= 0.3 is 0 Å². The molecule has 1 aromatic rings. The fourth-order valence-electron chi connectivity index (χ4n) is 1.38. The minimum atomic E-state index is 0.713. The molecule has 0 fully saturated rings. The Kier molecular flexibility index (Phi) is 1.55. The average molecular weight is 172 g/mol. The summed E-state index contributed by atoms with van der Waals surface area (Å²) < 4.78 is 0. The minimum absolute atomic E-state index is 0.713. The van der Waals surface area contributed by atoms with Crippen LogP contribution in [0.5, 0.6) is 0 Å². The Bertz CT molecular complexity index is 269. The maximum absolute atomic E-state index is 5.81. The van der Waals surface area contributed by atoms with E-state index in [1.807, 2.05) is 18.1 Å². The zero-order valence-electron chi connectivity index (χ0n) is 6.32. The van der Waals surface area contributed by atoms with Crippen molar-refractivity contribution in [2.75, 3.05) is 18.6 Å². The lowest BCUT2D eigenvalue weighted by Gasteiger charge is -2.25. The van der Waals surface area contributed by atoms with Crippen molar-refractivity contribution in [3.63, 3.8) is 0 Å². The third kappa shape index (κ3) is 1.10. The van der Waals surface area contributed by atoms with Crippen LogP contribution in [0.4, 0.5) is 5.69 Å². The Labute approximate surface area is 70.3 Å². The van der Waals surface area contributed by atoms with E-state index in [9.17, 15) is 0 Å². The van der Waals surface area contributed by atoms with Crippen LogP contribution in [0.25, 0.3) is 0 Å². The third-order valence-corrected chi connectivity index (χ3v) is 2.13. The number of rotatable bonds is 0. The number of halogens is 1. The van der Waals surface area contributed by atoms with Gasteiger partial charge in [0.05, 0.1) is 5.69 Å². The third-order valence-electron chi connectivity index (χ3n) is 1.93. The van der Waals surface area contributed by atoms with Gasteiger partial charge < -0.3 is 9.99 Å². The summed E-state index contributed by atoms with van der Waals surface area (Å²) >= 11 is 5.81. The highest BCUT2D eigenvalue weighted by Crippen LogP contribution is 2.25. The van der Waals surface area contributed by atoms with Gasteiger partial charge in [0.15, 0.2) is 0 Å². The van der Waals surface area contributed by atoms with Crippen molar-refractivity contribution in [1.82, 2.24) is 10.4 Å². The first-order valence-corrected chi connectivity index (χ1v) is 4.00. The van der Waals surface area contributed by atoms with Crippen LogP contribution >= 0.6 is 11.6 Å². The van der Waals surface area contributed by atoms with Crippen molar-refractivity contribution >= 4 is 17.3 Å². The molecule has 60 valence electrons. The second-order valence-corrected chi connectivity index (χ2v) is 3.11. The SMILES string of the molecule is CN1NCCc2[nH]c(Cl)cc21. The molecule has 1 aliphatic rings. The average Bonchev–Trinajstić information content (AvgIpc) is 2.31. The number of anilines is 1. The van der Waals surface area contributed by atoms with Crippen molar-refractivity contribution in [1.29, 1.82) is 0 Å². The van der Waals surface area contributed by atoms with Gasteiger partial charge in [-0.05, 0) is 6.07 Å². The van der Waals surface area contributed by atoms with Gasteiger partial charge in [-0.2, -0.15) is 0 Å². The summed E-state index contributed by atoms with van der Waals surface area (Å²) in [6.45, 7) is 0.973. The number of nitrogens with one attached hydrogen (secondary N) is 2. The molecule has 2 rings (SSSR count). The monoisotopic (exact) mass is 171 g/mol. The molecule has 2 heterocycles. The van der Waals surface area contributed by atoms with Crippen LogP contribution < -0.4 is 10.4 Å². The first kappa shape index (κ1) is 7.00. The van der Waals surface area contributed by atoms with E-state index in [4.69, 9.17) is 11.6 Å². The smallest absolute Gasteiger partial charge is 0.108 e. The van der Waals surface area contributed by atoms with Crippen molar-refractivity contribution in [3.8, 4) is 0 Å². The van der Waals surface area contributed by atoms with E-state index in [0.29, 0.717) is 5.15 Å². The predicted molar refractivity (Wildman–Crippen MR) is 45.9 cm³/mol. The Morgan fingerprint density at radius 2 is 2.45 bits per heavy atom. The van der Waals surface area contributed by atoms with Gasteiger partial charge in [-0.15, -0.1) is 0 Å². The molecule has 0 bridgehead atoms. The summed E-state index contributed by atoms with van der Waals surface area (Å²) in [5.74, 6) is 0. The standard InChI is InChI=1S/C7H10ClN3/c1-11-6-4-7(8)10-5(6)2-3-9-11/h4,9-10H,2-3H2,1H3. The van der Waals surface area contributed by atoms with Gasteiger partial charge in [0.2, 0.25) is 0 Å². The molecule has 4 heteroatoms.